The average molecular weight is 187 g/mol. The molecule has 62 valence electrons. The van der Waals surface area contributed by atoms with Crippen LogP contribution in [0.3, 0.4) is 0 Å². The molecule has 1 aliphatic rings. The molecule has 0 aromatic carbocycles. The summed E-state index contributed by atoms with van der Waals surface area (Å²) in [7, 11) is -0.0800. The van der Waals surface area contributed by atoms with Crippen molar-refractivity contribution in [3.05, 3.63) is 11.6 Å². The van der Waals surface area contributed by atoms with Crippen LogP contribution in [-0.2, 0) is 20.6 Å². The molecular formula is C8H13NS2. The van der Waals surface area contributed by atoms with E-state index < -0.39 is 0 Å². The molecular weight excluding hydrogens is 174 g/mol. The van der Waals surface area contributed by atoms with Gasteiger partial charge in [-0.2, -0.15) is 0 Å². The first-order valence-corrected chi connectivity index (χ1v) is 6.09. The van der Waals surface area contributed by atoms with Crippen LogP contribution >= 0.6 is 0 Å². The van der Waals surface area contributed by atoms with Crippen molar-refractivity contribution in [2.75, 3.05) is 0 Å². The van der Waals surface area contributed by atoms with Gasteiger partial charge >= 0.3 is 0 Å². The molecule has 11 heavy (non-hydrogen) atoms. The molecule has 0 saturated carbocycles. The van der Waals surface area contributed by atoms with Crippen LogP contribution in [0.2, 0.25) is 0 Å². The molecule has 0 bridgehead atoms. The molecule has 1 nitrogen and oxygen atoms in total. The number of aliphatic imine (C=N–C) groups is 1. The molecule has 1 rings (SSSR count). The third-order valence-electron chi connectivity index (χ3n) is 1.86. The highest BCUT2D eigenvalue weighted by Crippen LogP contribution is 2.13. The number of hydrogen-bond donors (Lipinski definition) is 0. The Morgan fingerprint density at radius 3 is 2.91 bits per heavy atom. The lowest BCUT2D eigenvalue weighted by Gasteiger charge is -2.07. The van der Waals surface area contributed by atoms with Crippen molar-refractivity contribution in [3.63, 3.8) is 0 Å². The molecule has 1 unspecified atom stereocenters. The average Bonchev–Trinajstić information content (AvgIpc) is 2.37. The molecule has 0 aromatic heterocycles. The highest BCUT2D eigenvalue weighted by atomic mass is 32.8. The number of hydrogen-bond acceptors (Lipinski definition) is 2. The molecule has 0 fully saturated rings. The first kappa shape index (κ1) is 9.07. The van der Waals surface area contributed by atoms with Crippen LogP contribution < -0.4 is 0 Å². The molecule has 0 aliphatic carbocycles. The monoisotopic (exact) mass is 187 g/mol. The molecule has 0 amide bonds. The summed E-state index contributed by atoms with van der Waals surface area (Å²) in [6.07, 6.45) is 4.13. The summed E-state index contributed by atoms with van der Waals surface area (Å²) in [5.74, 6) is 0.728. The van der Waals surface area contributed by atoms with Gasteiger partial charge in [-0.25, -0.2) is 0 Å². The van der Waals surface area contributed by atoms with E-state index in [1.807, 2.05) is 11.6 Å². The predicted octanol–water partition coefficient (Wildman–Crippen LogP) is 2.39. The zero-order chi connectivity index (χ0) is 8.27. The lowest BCUT2D eigenvalue weighted by atomic mass is 10.1. The van der Waals surface area contributed by atoms with Crippen molar-refractivity contribution in [2.45, 2.75) is 26.7 Å². The van der Waals surface area contributed by atoms with Crippen molar-refractivity contribution in [1.29, 1.82) is 0 Å². The van der Waals surface area contributed by atoms with E-state index in [0.717, 1.165) is 12.3 Å². The Kier molecular flexibility index (Phi) is 3.40. The van der Waals surface area contributed by atoms with E-state index in [0.29, 0.717) is 0 Å². The van der Waals surface area contributed by atoms with Crippen LogP contribution in [-0.4, -0.2) is 5.04 Å². The first-order valence-electron chi connectivity index (χ1n) is 3.88. The van der Waals surface area contributed by atoms with Gasteiger partial charge in [-0.1, -0.05) is 20.3 Å². The summed E-state index contributed by atoms with van der Waals surface area (Å²) < 4.78 is 0. The summed E-state index contributed by atoms with van der Waals surface area (Å²) in [5, 5.41) is 3.21. The minimum Gasteiger partial charge on any atom is -0.253 e. The number of nitrogens with zero attached hydrogens (tertiary/aromatic N) is 1. The van der Waals surface area contributed by atoms with Gasteiger partial charge in [0, 0.05) is 6.20 Å². The predicted molar refractivity (Wildman–Crippen MR) is 55.4 cm³/mol. The second-order valence-electron chi connectivity index (χ2n) is 2.82. The van der Waals surface area contributed by atoms with Crippen LogP contribution in [0.5, 0.6) is 0 Å². The molecule has 1 aliphatic heterocycles. The zero-order valence-electron chi connectivity index (χ0n) is 6.91. The van der Waals surface area contributed by atoms with Gasteiger partial charge in [0.05, 0.1) is 5.04 Å². The van der Waals surface area contributed by atoms with E-state index in [9.17, 15) is 0 Å². The standard InChI is InChI=1S/C8H13NS2/c1-3-7(2)6-8-9-4-5-11(8)10/h4-5,7H,3,6H2,1-2H3/t7?,11-/m0/s1. The van der Waals surface area contributed by atoms with E-state index in [-0.39, 0.29) is 9.45 Å². The lowest BCUT2D eigenvalue weighted by Crippen LogP contribution is -2.06. The van der Waals surface area contributed by atoms with Crippen molar-refractivity contribution in [3.8, 4) is 0 Å². The maximum absolute atomic E-state index is 5.20. The molecule has 2 atom stereocenters. The topological polar surface area (TPSA) is 12.4 Å². The van der Waals surface area contributed by atoms with Crippen molar-refractivity contribution in [1.82, 2.24) is 0 Å². The Hall–Kier alpha value is -0.0200. The highest BCUT2D eigenvalue weighted by Gasteiger charge is 2.09. The van der Waals surface area contributed by atoms with Gasteiger partial charge in [-0.05, 0) is 38.4 Å². The van der Waals surface area contributed by atoms with Crippen LogP contribution in [0.15, 0.2) is 16.6 Å². The van der Waals surface area contributed by atoms with E-state index >= 15 is 0 Å². The third kappa shape index (κ3) is 2.49. The molecule has 0 radical (unpaired) electrons. The second-order valence-corrected chi connectivity index (χ2v) is 5.24. The second kappa shape index (κ2) is 4.12. The Bertz CT molecular complexity index is 218. The lowest BCUT2D eigenvalue weighted by molar-refractivity contribution is 0.590. The van der Waals surface area contributed by atoms with Crippen molar-refractivity contribution >= 4 is 25.7 Å². The maximum atomic E-state index is 5.20. The fraction of sp³-hybridized carbons (Fsp3) is 0.625. The van der Waals surface area contributed by atoms with Crippen LogP contribution in [0.1, 0.15) is 26.7 Å². The van der Waals surface area contributed by atoms with Gasteiger partial charge in [0.2, 0.25) is 0 Å². The summed E-state index contributed by atoms with van der Waals surface area (Å²) in [6.45, 7) is 4.45. The Balaban J connectivity index is 2.45. The molecule has 0 spiro atoms. The largest absolute Gasteiger partial charge is 0.253 e. The molecule has 0 aromatic rings. The SMILES string of the molecule is CCC(C)CC1=NC=C[S@@]1=S. The van der Waals surface area contributed by atoms with Gasteiger partial charge in [-0.3, -0.25) is 4.99 Å². The molecule has 0 N–H and O–H groups in total. The van der Waals surface area contributed by atoms with Gasteiger partial charge in [0.15, 0.2) is 0 Å². The summed E-state index contributed by atoms with van der Waals surface area (Å²) in [5.41, 5.74) is 0. The zero-order valence-corrected chi connectivity index (χ0v) is 8.54. The van der Waals surface area contributed by atoms with Gasteiger partial charge in [-0.15, -0.1) is 0 Å². The van der Waals surface area contributed by atoms with Crippen LogP contribution in [0.25, 0.3) is 0 Å². The highest BCUT2D eigenvalue weighted by molar-refractivity contribution is 8.39. The van der Waals surface area contributed by atoms with Crippen LogP contribution in [0.4, 0.5) is 0 Å². The number of rotatable bonds is 3. The van der Waals surface area contributed by atoms with Gasteiger partial charge in [0.1, 0.15) is 0 Å². The fourth-order valence-electron chi connectivity index (χ4n) is 0.877. The maximum Gasteiger partial charge on any atom is 0.0817 e. The minimum absolute atomic E-state index is 0.0800. The minimum atomic E-state index is -0.0800. The van der Waals surface area contributed by atoms with Crippen LogP contribution in [0, 0.1) is 5.92 Å². The van der Waals surface area contributed by atoms with E-state index in [1.54, 1.807) is 0 Å². The Morgan fingerprint density at radius 1 is 1.73 bits per heavy atom. The Labute approximate surface area is 75.2 Å². The van der Waals surface area contributed by atoms with Crippen molar-refractivity contribution in [2.24, 2.45) is 10.9 Å². The Morgan fingerprint density at radius 2 is 2.45 bits per heavy atom. The summed E-state index contributed by atoms with van der Waals surface area (Å²) in [6, 6.07) is 0. The fourth-order valence-corrected chi connectivity index (χ4v) is 2.30. The van der Waals surface area contributed by atoms with E-state index in [4.69, 9.17) is 11.2 Å². The van der Waals surface area contributed by atoms with Gasteiger partial charge < -0.3 is 0 Å². The normalized spacial score (nSPS) is 25.3. The van der Waals surface area contributed by atoms with Crippen molar-refractivity contribution < 1.29 is 0 Å². The molecule has 3 heteroatoms. The quantitative estimate of drug-likeness (QED) is 0.661. The summed E-state index contributed by atoms with van der Waals surface area (Å²) >= 11 is 5.20. The first-order chi connectivity index (χ1) is 5.24. The van der Waals surface area contributed by atoms with E-state index in [1.165, 1.54) is 11.5 Å². The molecule has 1 heterocycles. The molecule has 0 saturated heterocycles. The van der Waals surface area contributed by atoms with Gasteiger partial charge in [0.25, 0.3) is 0 Å². The summed E-state index contributed by atoms with van der Waals surface area (Å²) in [4.78, 5) is 4.25. The third-order valence-corrected chi connectivity index (χ3v) is 3.87. The smallest absolute Gasteiger partial charge is 0.0817 e. The van der Waals surface area contributed by atoms with E-state index in [2.05, 4.69) is 18.8 Å².